The average Bonchev–Trinajstić information content (AvgIpc) is 2.59. The van der Waals surface area contributed by atoms with Crippen LogP contribution in [0.4, 0.5) is 0 Å². The van der Waals surface area contributed by atoms with Crippen LogP contribution in [0.15, 0.2) is 12.3 Å². The average molecular weight is 192 g/mol. The number of hydrogen-bond donors (Lipinski definition) is 1. The standard InChI is InChI=1S/C9H8N2O3/c1-14-9(13)7-6-4-11-8(12)5(6)2-3-10-7/h2-3H,4H2,1H3,(H,11,12). The van der Waals surface area contributed by atoms with E-state index in [-0.39, 0.29) is 11.6 Å². The Morgan fingerprint density at radius 1 is 1.64 bits per heavy atom. The molecule has 1 amide bonds. The molecule has 0 aromatic carbocycles. The van der Waals surface area contributed by atoms with Crippen molar-refractivity contribution < 1.29 is 14.3 Å². The number of esters is 1. The van der Waals surface area contributed by atoms with Crippen molar-refractivity contribution in [2.75, 3.05) is 7.11 Å². The first-order valence-corrected chi connectivity index (χ1v) is 4.08. The summed E-state index contributed by atoms with van der Waals surface area (Å²) in [6, 6.07) is 1.59. The molecule has 1 aromatic heterocycles. The summed E-state index contributed by atoms with van der Waals surface area (Å²) in [5, 5.41) is 2.62. The van der Waals surface area contributed by atoms with Crippen LogP contribution in [0.2, 0.25) is 0 Å². The molecule has 0 saturated carbocycles. The molecule has 0 radical (unpaired) electrons. The summed E-state index contributed by atoms with van der Waals surface area (Å²) in [6.07, 6.45) is 1.43. The molecule has 5 heteroatoms. The van der Waals surface area contributed by atoms with Gasteiger partial charge in [-0.15, -0.1) is 0 Å². The van der Waals surface area contributed by atoms with E-state index in [9.17, 15) is 9.59 Å². The van der Waals surface area contributed by atoms with Crippen LogP contribution in [0, 0.1) is 0 Å². The van der Waals surface area contributed by atoms with E-state index in [1.54, 1.807) is 6.07 Å². The Bertz CT molecular complexity index is 415. The lowest BCUT2D eigenvalue weighted by molar-refractivity contribution is 0.0592. The fourth-order valence-corrected chi connectivity index (χ4v) is 1.42. The van der Waals surface area contributed by atoms with Crippen LogP contribution in [0.5, 0.6) is 0 Å². The van der Waals surface area contributed by atoms with Gasteiger partial charge in [0.25, 0.3) is 5.91 Å². The minimum atomic E-state index is -0.515. The van der Waals surface area contributed by atoms with Gasteiger partial charge in [-0.3, -0.25) is 4.79 Å². The molecule has 5 nitrogen and oxygen atoms in total. The van der Waals surface area contributed by atoms with Crippen LogP contribution in [-0.4, -0.2) is 24.0 Å². The molecule has 14 heavy (non-hydrogen) atoms. The van der Waals surface area contributed by atoms with E-state index >= 15 is 0 Å². The lowest BCUT2D eigenvalue weighted by Gasteiger charge is -2.02. The van der Waals surface area contributed by atoms with Gasteiger partial charge in [-0.1, -0.05) is 0 Å². The maximum Gasteiger partial charge on any atom is 0.357 e. The van der Waals surface area contributed by atoms with Crippen molar-refractivity contribution in [1.82, 2.24) is 10.3 Å². The normalized spacial score (nSPS) is 13.4. The third kappa shape index (κ3) is 1.14. The zero-order valence-corrected chi connectivity index (χ0v) is 7.53. The molecule has 0 spiro atoms. The van der Waals surface area contributed by atoms with Crippen molar-refractivity contribution in [3.63, 3.8) is 0 Å². The SMILES string of the molecule is COC(=O)c1nccc2c1CNC2=O. The van der Waals surface area contributed by atoms with Gasteiger partial charge >= 0.3 is 5.97 Å². The molecule has 1 aromatic rings. The van der Waals surface area contributed by atoms with Gasteiger partial charge in [0.2, 0.25) is 0 Å². The van der Waals surface area contributed by atoms with Crippen molar-refractivity contribution in [2.45, 2.75) is 6.54 Å². The Morgan fingerprint density at radius 3 is 3.14 bits per heavy atom. The summed E-state index contributed by atoms with van der Waals surface area (Å²) < 4.78 is 4.56. The largest absolute Gasteiger partial charge is 0.464 e. The monoisotopic (exact) mass is 192 g/mol. The molecule has 2 heterocycles. The zero-order valence-electron chi connectivity index (χ0n) is 7.53. The minimum absolute atomic E-state index is 0.174. The van der Waals surface area contributed by atoms with Crippen molar-refractivity contribution in [3.05, 3.63) is 29.1 Å². The van der Waals surface area contributed by atoms with E-state index < -0.39 is 5.97 Å². The maximum atomic E-state index is 11.3. The summed E-state index contributed by atoms with van der Waals surface area (Å²) >= 11 is 0. The maximum absolute atomic E-state index is 11.3. The Labute approximate surface area is 80.1 Å². The van der Waals surface area contributed by atoms with Gasteiger partial charge in [0.15, 0.2) is 5.69 Å². The molecule has 1 aliphatic rings. The Hall–Kier alpha value is -1.91. The molecule has 2 rings (SSSR count). The van der Waals surface area contributed by atoms with Crippen LogP contribution in [0.25, 0.3) is 0 Å². The van der Waals surface area contributed by atoms with Crippen LogP contribution in [0.3, 0.4) is 0 Å². The van der Waals surface area contributed by atoms with E-state index in [2.05, 4.69) is 15.0 Å². The van der Waals surface area contributed by atoms with E-state index in [4.69, 9.17) is 0 Å². The number of ether oxygens (including phenoxy) is 1. The van der Waals surface area contributed by atoms with Crippen LogP contribution >= 0.6 is 0 Å². The summed E-state index contributed by atoms with van der Waals surface area (Å²) in [4.78, 5) is 26.4. The van der Waals surface area contributed by atoms with Gasteiger partial charge in [0.1, 0.15) is 0 Å². The van der Waals surface area contributed by atoms with Crippen LogP contribution in [0.1, 0.15) is 26.4 Å². The first-order chi connectivity index (χ1) is 6.74. The highest BCUT2D eigenvalue weighted by Crippen LogP contribution is 2.18. The summed E-state index contributed by atoms with van der Waals surface area (Å²) in [7, 11) is 1.29. The van der Waals surface area contributed by atoms with Gasteiger partial charge in [-0.25, -0.2) is 9.78 Å². The molecule has 0 atom stereocenters. The fraction of sp³-hybridized carbons (Fsp3) is 0.222. The summed E-state index contributed by atoms with van der Waals surface area (Å²) in [5.41, 5.74) is 1.33. The Balaban J connectivity index is 2.54. The van der Waals surface area contributed by atoms with Crippen molar-refractivity contribution in [2.24, 2.45) is 0 Å². The van der Waals surface area contributed by atoms with E-state index in [0.29, 0.717) is 17.7 Å². The molecule has 0 unspecified atom stereocenters. The lowest BCUT2D eigenvalue weighted by Crippen LogP contribution is -2.12. The number of hydrogen-bond acceptors (Lipinski definition) is 4. The second kappa shape index (κ2) is 3.10. The fourth-order valence-electron chi connectivity index (χ4n) is 1.42. The van der Waals surface area contributed by atoms with Gasteiger partial charge in [-0.2, -0.15) is 0 Å². The lowest BCUT2D eigenvalue weighted by atomic mass is 10.1. The highest BCUT2D eigenvalue weighted by molar-refractivity contribution is 6.01. The third-order valence-corrected chi connectivity index (χ3v) is 2.10. The Kier molecular flexibility index (Phi) is 1.92. The number of amides is 1. The quantitative estimate of drug-likeness (QED) is 0.641. The second-order valence-corrected chi connectivity index (χ2v) is 2.86. The van der Waals surface area contributed by atoms with E-state index in [0.717, 1.165) is 0 Å². The third-order valence-electron chi connectivity index (χ3n) is 2.10. The number of aromatic nitrogens is 1. The number of rotatable bonds is 1. The van der Waals surface area contributed by atoms with Gasteiger partial charge in [0, 0.05) is 23.9 Å². The Morgan fingerprint density at radius 2 is 2.43 bits per heavy atom. The predicted molar refractivity (Wildman–Crippen MR) is 46.7 cm³/mol. The number of nitrogens with one attached hydrogen (secondary N) is 1. The molecule has 0 aliphatic carbocycles. The molecule has 0 saturated heterocycles. The molecular formula is C9H8N2O3. The molecular weight excluding hydrogens is 184 g/mol. The first kappa shape index (κ1) is 8.68. The number of fused-ring (bicyclic) bond motifs is 1. The van der Waals surface area contributed by atoms with Crippen LogP contribution < -0.4 is 5.32 Å². The highest BCUT2D eigenvalue weighted by Gasteiger charge is 2.25. The molecule has 0 bridgehead atoms. The highest BCUT2D eigenvalue weighted by atomic mass is 16.5. The van der Waals surface area contributed by atoms with Crippen molar-refractivity contribution in [3.8, 4) is 0 Å². The van der Waals surface area contributed by atoms with Crippen molar-refractivity contribution in [1.29, 1.82) is 0 Å². The molecule has 1 aliphatic heterocycles. The minimum Gasteiger partial charge on any atom is -0.464 e. The topological polar surface area (TPSA) is 68.3 Å². The van der Waals surface area contributed by atoms with E-state index in [1.165, 1.54) is 13.3 Å². The molecule has 72 valence electrons. The van der Waals surface area contributed by atoms with Crippen LogP contribution in [-0.2, 0) is 11.3 Å². The second-order valence-electron chi connectivity index (χ2n) is 2.86. The van der Waals surface area contributed by atoms with E-state index in [1.807, 2.05) is 0 Å². The van der Waals surface area contributed by atoms with Crippen molar-refractivity contribution >= 4 is 11.9 Å². The number of pyridine rings is 1. The first-order valence-electron chi connectivity index (χ1n) is 4.08. The smallest absolute Gasteiger partial charge is 0.357 e. The number of carbonyl (C=O) groups is 2. The summed E-state index contributed by atoms with van der Waals surface area (Å²) in [5.74, 6) is -0.689. The predicted octanol–water partition coefficient (Wildman–Crippen LogP) is 0.112. The zero-order chi connectivity index (χ0) is 10.1. The van der Waals surface area contributed by atoms with Gasteiger partial charge in [0.05, 0.1) is 7.11 Å². The summed E-state index contributed by atoms with van der Waals surface area (Å²) in [6.45, 7) is 0.340. The van der Waals surface area contributed by atoms with Gasteiger partial charge < -0.3 is 10.1 Å². The number of carbonyl (C=O) groups excluding carboxylic acids is 2. The number of methoxy groups -OCH3 is 1. The van der Waals surface area contributed by atoms with Gasteiger partial charge in [-0.05, 0) is 6.07 Å². The number of nitrogens with zero attached hydrogens (tertiary/aromatic N) is 1. The molecule has 0 fully saturated rings. The molecule has 1 N–H and O–H groups in total.